The molecule has 0 N–H and O–H groups in total. The molecule has 0 spiro atoms. The fourth-order valence-corrected chi connectivity index (χ4v) is 0.762. The molecule has 0 rings (SSSR count). The van der Waals surface area contributed by atoms with Gasteiger partial charge in [0.1, 0.15) is 11.6 Å². The van der Waals surface area contributed by atoms with Gasteiger partial charge in [-0.2, -0.15) is 0 Å². The van der Waals surface area contributed by atoms with Crippen molar-refractivity contribution in [3.63, 3.8) is 0 Å². The molecule has 66 valence electrons. The third-order valence-corrected chi connectivity index (χ3v) is 1.41. The van der Waals surface area contributed by atoms with Crippen LogP contribution in [0, 0.1) is 0 Å². The molecule has 12 heavy (non-hydrogen) atoms. The van der Waals surface area contributed by atoms with Crippen LogP contribution in [-0.2, 0) is 4.79 Å². The third-order valence-electron chi connectivity index (χ3n) is 1.41. The molecule has 0 amide bonds. The lowest BCUT2D eigenvalue weighted by molar-refractivity contribution is -0.116. The molecule has 2 heteroatoms. The smallest absolute Gasteiger partial charge is 0.130 e. The van der Waals surface area contributed by atoms with E-state index in [0.717, 1.165) is 0 Å². The molecular formula is C10H13FO. The molecule has 1 nitrogen and oxygen atoms in total. The van der Waals surface area contributed by atoms with E-state index in [1.54, 1.807) is 0 Å². The Morgan fingerprint density at radius 3 is 2.42 bits per heavy atom. The monoisotopic (exact) mass is 168 g/mol. The summed E-state index contributed by atoms with van der Waals surface area (Å²) < 4.78 is 12.6. The van der Waals surface area contributed by atoms with E-state index in [0.29, 0.717) is 18.4 Å². The number of carbonyl (C=O) groups is 1. The Kier molecular flexibility index (Phi) is 4.93. The summed E-state index contributed by atoms with van der Waals surface area (Å²) in [5.74, 6) is -0.442. The fourth-order valence-electron chi connectivity index (χ4n) is 0.762. The molecule has 0 radical (unpaired) electrons. The number of hydrogen-bond donors (Lipinski definition) is 0. The Labute approximate surface area is 72.3 Å². The number of rotatable bonds is 5. The minimum Gasteiger partial charge on any atom is -0.300 e. The molecule has 0 fully saturated rings. The first-order valence-corrected chi connectivity index (χ1v) is 3.73. The second kappa shape index (κ2) is 5.47. The van der Waals surface area contributed by atoms with Gasteiger partial charge >= 0.3 is 0 Å². The van der Waals surface area contributed by atoms with E-state index in [9.17, 15) is 9.18 Å². The number of halogens is 1. The van der Waals surface area contributed by atoms with Crippen LogP contribution in [0.2, 0.25) is 0 Å². The van der Waals surface area contributed by atoms with Crippen molar-refractivity contribution < 1.29 is 9.18 Å². The molecule has 0 unspecified atom stereocenters. The highest BCUT2D eigenvalue weighted by Crippen LogP contribution is 2.15. The Balaban J connectivity index is 4.15. The van der Waals surface area contributed by atoms with Gasteiger partial charge in [0.05, 0.1) is 0 Å². The summed E-state index contributed by atoms with van der Waals surface area (Å²) in [6.45, 7) is 8.08. The summed E-state index contributed by atoms with van der Waals surface area (Å²) in [5, 5.41) is 0. The predicted molar refractivity (Wildman–Crippen MR) is 48.4 cm³/mol. The summed E-state index contributed by atoms with van der Waals surface area (Å²) in [6.07, 6.45) is 3.77. The van der Waals surface area contributed by atoms with Crippen LogP contribution in [-0.4, -0.2) is 5.78 Å². The number of hydrogen-bond acceptors (Lipinski definition) is 1. The highest BCUT2D eigenvalue weighted by molar-refractivity contribution is 5.75. The molecule has 0 aromatic heterocycles. The Morgan fingerprint density at radius 1 is 1.50 bits per heavy atom. The van der Waals surface area contributed by atoms with Gasteiger partial charge in [-0.05, 0) is 18.9 Å². The van der Waals surface area contributed by atoms with Gasteiger partial charge in [-0.25, -0.2) is 4.39 Å². The minimum absolute atomic E-state index is 0.0474. The Morgan fingerprint density at radius 2 is 2.08 bits per heavy atom. The van der Waals surface area contributed by atoms with Crippen molar-refractivity contribution in [3.8, 4) is 0 Å². The lowest BCUT2D eigenvalue weighted by atomic mass is 10.1. The van der Waals surface area contributed by atoms with Gasteiger partial charge in [-0.15, -0.1) is 0 Å². The quantitative estimate of drug-likeness (QED) is 0.577. The number of allylic oxidation sites excluding steroid dienone is 4. The van der Waals surface area contributed by atoms with Crippen LogP contribution in [0.3, 0.4) is 0 Å². The summed E-state index contributed by atoms with van der Waals surface area (Å²) in [7, 11) is 0. The zero-order chi connectivity index (χ0) is 9.56. The number of ketones is 1. The second-order valence-electron chi connectivity index (χ2n) is 2.53. The molecule has 0 saturated heterocycles. The van der Waals surface area contributed by atoms with E-state index < -0.39 is 5.83 Å². The molecule has 0 heterocycles. The molecular weight excluding hydrogens is 155 g/mol. The van der Waals surface area contributed by atoms with Crippen molar-refractivity contribution in [1.82, 2.24) is 0 Å². The first-order valence-electron chi connectivity index (χ1n) is 3.73. The molecule has 0 aromatic carbocycles. The maximum Gasteiger partial charge on any atom is 0.130 e. The van der Waals surface area contributed by atoms with Crippen molar-refractivity contribution in [1.29, 1.82) is 0 Å². The maximum atomic E-state index is 12.6. The van der Waals surface area contributed by atoms with Crippen LogP contribution in [0.5, 0.6) is 0 Å². The largest absolute Gasteiger partial charge is 0.300 e. The maximum absolute atomic E-state index is 12.6. The number of carbonyl (C=O) groups excluding carboxylic acids is 1. The molecule has 0 aromatic rings. The van der Waals surface area contributed by atoms with E-state index in [4.69, 9.17) is 0 Å². The van der Waals surface area contributed by atoms with Crippen molar-refractivity contribution in [2.24, 2.45) is 0 Å². The zero-order valence-corrected chi connectivity index (χ0v) is 7.27. The third kappa shape index (κ3) is 4.61. The van der Waals surface area contributed by atoms with Gasteiger partial charge in [0.2, 0.25) is 0 Å². The summed E-state index contributed by atoms with van der Waals surface area (Å²) in [6, 6.07) is 0. The molecule has 0 saturated carbocycles. The van der Waals surface area contributed by atoms with Gasteiger partial charge < -0.3 is 4.79 Å². The molecule has 0 bridgehead atoms. The first-order chi connectivity index (χ1) is 5.57. The second-order valence-corrected chi connectivity index (χ2v) is 2.53. The van der Waals surface area contributed by atoms with E-state index in [-0.39, 0.29) is 5.78 Å². The van der Waals surface area contributed by atoms with Crippen molar-refractivity contribution in [2.75, 3.05) is 0 Å². The van der Waals surface area contributed by atoms with E-state index in [2.05, 4.69) is 13.2 Å². The highest BCUT2D eigenvalue weighted by atomic mass is 19.1. The van der Waals surface area contributed by atoms with Gasteiger partial charge in [0.25, 0.3) is 0 Å². The van der Waals surface area contributed by atoms with E-state index in [1.807, 2.05) is 0 Å². The number of Topliss-reactive ketones (excluding diaryl/α,β-unsaturated/α-hetero) is 1. The van der Waals surface area contributed by atoms with E-state index in [1.165, 1.54) is 19.1 Å². The van der Waals surface area contributed by atoms with E-state index >= 15 is 0 Å². The average molecular weight is 168 g/mol. The highest BCUT2D eigenvalue weighted by Gasteiger charge is 2.02. The summed E-state index contributed by atoms with van der Waals surface area (Å²) in [5.41, 5.74) is 0.445. The van der Waals surface area contributed by atoms with Gasteiger partial charge in [-0.1, -0.05) is 25.3 Å². The van der Waals surface area contributed by atoms with Crippen molar-refractivity contribution in [2.45, 2.75) is 19.8 Å². The molecule has 0 aliphatic carbocycles. The van der Waals surface area contributed by atoms with Crippen molar-refractivity contribution >= 4 is 5.78 Å². The lowest BCUT2D eigenvalue weighted by Crippen LogP contribution is -1.92. The molecule has 0 aliphatic rings. The normalized spacial score (nSPS) is 11.0. The van der Waals surface area contributed by atoms with Crippen LogP contribution in [0.25, 0.3) is 0 Å². The van der Waals surface area contributed by atoms with Crippen LogP contribution >= 0.6 is 0 Å². The predicted octanol–water partition coefficient (Wildman–Crippen LogP) is 2.95. The van der Waals surface area contributed by atoms with Gasteiger partial charge in [-0.3, -0.25) is 0 Å². The van der Waals surface area contributed by atoms with Crippen LogP contribution in [0.1, 0.15) is 19.8 Å². The Bertz CT molecular complexity index is 226. The molecule has 0 aliphatic heterocycles. The van der Waals surface area contributed by atoms with Crippen molar-refractivity contribution in [3.05, 3.63) is 36.7 Å². The first kappa shape index (κ1) is 10.8. The van der Waals surface area contributed by atoms with Gasteiger partial charge in [0.15, 0.2) is 0 Å². The average Bonchev–Trinajstić information content (AvgIpc) is 1.96. The summed E-state index contributed by atoms with van der Waals surface area (Å²) >= 11 is 0. The summed E-state index contributed by atoms with van der Waals surface area (Å²) in [4.78, 5) is 10.6. The van der Waals surface area contributed by atoms with Crippen LogP contribution in [0.15, 0.2) is 36.7 Å². The van der Waals surface area contributed by atoms with Gasteiger partial charge in [0, 0.05) is 6.42 Å². The zero-order valence-electron chi connectivity index (χ0n) is 7.27. The molecule has 0 atom stereocenters. The fraction of sp³-hybridized carbons (Fsp3) is 0.300. The van der Waals surface area contributed by atoms with Crippen LogP contribution < -0.4 is 0 Å². The lowest BCUT2D eigenvalue weighted by Gasteiger charge is -2.00. The topological polar surface area (TPSA) is 17.1 Å². The minimum atomic E-state index is -0.490. The SMILES string of the molecule is C=C/C=C(/CCC(C)=O)C(=C)F. The van der Waals surface area contributed by atoms with Crippen LogP contribution in [0.4, 0.5) is 4.39 Å². The Hall–Kier alpha value is -1.18. The standard InChI is InChI=1S/C10H13FO/c1-4-5-10(9(3)11)7-6-8(2)12/h4-5H,1,3,6-7H2,2H3/b10-5-.